The van der Waals surface area contributed by atoms with Crippen molar-refractivity contribution < 1.29 is 9.59 Å². The highest BCUT2D eigenvalue weighted by Gasteiger charge is 2.17. The summed E-state index contributed by atoms with van der Waals surface area (Å²) < 4.78 is 0.957. The zero-order valence-electron chi connectivity index (χ0n) is 13.1. The fourth-order valence-electron chi connectivity index (χ4n) is 2.25. The second kappa shape index (κ2) is 7.63. The van der Waals surface area contributed by atoms with Crippen LogP contribution in [0.25, 0.3) is 0 Å². The molecular formula is C15H17N5O2S2. The topological polar surface area (TPSA) is 96.0 Å². The fraction of sp³-hybridized carbons (Fsp3) is 0.333. The van der Waals surface area contributed by atoms with E-state index < -0.39 is 0 Å². The van der Waals surface area contributed by atoms with Crippen molar-refractivity contribution in [2.24, 2.45) is 0 Å². The Morgan fingerprint density at radius 3 is 3.08 bits per heavy atom. The molecule has 1 aliphatic rings. The number of nitrogens with zero attached hydrogens (tertiary/aromatic N) is 2. The molecule has 1 aromatic heterocycles. The van der Waals surface area contributed by atoms with Crippen LogP contribution < -0.4 is 16.0 Å². The fourth-order valence-corrected chi connectivity index (χ4v) is 4.08. The number of fused-ring (bicyclic) bond motifs is 1. The van der Waals surface area contributed by atoms with E-state index in [9.17, 15) is 9.59 Å². The van der Waals surface area contributed by atoms with Crippen molar-refractivity contribution in [3.8, 4) is 0 Å². The number of nitrogens with one attached hydrogen (secondary N) is 3. The standard InChI is InChI=1S/C15H17N5O2S2/c1-9-19-20-15(24-9)23-6-2-5-16-14(22)17-11-3-4-12-10(7-11)8-13(21)18-12/h3-4,7H,2,5-6,8H2,1H3,(H,18,21)(H2,16,17,22). The highest BCUT2D eigenvalue weighted by molar-refractivity contribution is 8.01. The van der Waals surface area contributed by atoms with Gasteiger partial charge in [-0.05, 0) is 37.1 Å². The first kappa shape index (κ1) is 16.7. The third-order valence-electron chi connectivity index (χ3n) is 3.33. The van der Waals surface area contributed by atoms with Crippen LogP contribution in [0.1, 0.15) is 17.0 Å². The minimum absolute atomic E-state index is 0.0188. The van der Waals surface area contributed by atoms with Gasteiger partial charge < -0.3 is 16.0 Å². The highest BCUT2D eigenvalue weighted by Crippen LogP contribution is 2.26. The van der Waals surface area contributed by atoms with Gasteiger partial charge in [0.15, 0.2) is 4.34 Å². The van der Waals surface area contributed by atoms with Gasteiger partial charge in [-0.2, -0.15) is 0 Å². The monoisotopic (exact) mass is 363 g/mol. The molecule has 0 aliphatic carbocycles. The van der Waals surface area contributed by atoms with Crippen molar-refractivity contribution in [1.29, 1.82) is 0 Å². The molecule has 0 atom stereocenters. The average Bonchev–Trinajstić information content (AvgIpc) is 3.11. The molecule has 3 amide bonds. The van der Waals surface area contributed by atoms with Gasteiger partial charge in [0, 0.05) is 23.7 Å². The summed E-state index contributed by atoms with van der Waals surface area (Å²) in [5.74, 6) is 0.858. The minimum Gasteiger partial charge on any atom is -0.338 e. The number of benzene rings is 1. The summed E-state index contributed by atoms with van der Waals surface area (Å²) in [5, 5.41) is 17.3. The zero-order valence-corrected chi connectivity index (χ0v) is 14.7. The number of anilines is 2. The predicted molar refractivity (Wildman–Crippen MR) is 95.8 cm³/mol. The molecule has 0 saturated carbocycles. The largest absolute Gasteiger partial charge is 0.338 e. The Bertz CT molecular complexity index is 762. The molecule has 0 unspecified atom stereocenters. The van der Waals surface area contributed by atoms with Crippen molar-refractivity contribution in [2.45, 2.75) is 24.1 Å². The molecule has 126 valence electrons. The van der Waals surface area contributed by atoms with Gasteiger partial charge in [0.05, 0.1) is 6.42 Å². The molecule has 0 bridgehead atoms. The Morgan fingerprint density at radius 2 is 2.29 bits per heavy atom. The number of hydrogen-bond acceptors (Lipinski definition) is 6. The van der Waals surface area contributed by atoms with E-state index in [1.54, 1.807) is 35.2 Å². The molecule has 2 heterocycles. The van der Waals surface area contributed by atoms with Crippen LogP contribution >= 0.6 is 23.1 Å². The van der Waals surface area contributed by atoms with Crippen LogP contribution in [0.4, 0.5) is 16.2 Å². The van der Waals surface area contributed by atoms with Gasteiger partial charge >= 0.3 is 6.03 Å². The molecule has 0 saturated heterocycles. The van der Waals surface area contributed by atoms with Crippen molar-refractivity contribution in [3.05, 3.63) is 28.8 Å². The summed E-state index contributed by atoms with van der Waals surface area (Å²) in [6, 6.07) is 5.15. The number of aryl methyl sites for hydroxylation is 1. The third-order valence-corrected chi connectivity index (χ3v) is 5.39. The number of urea groups is 1. The number of carbonyl (C=O) groups excluding carboxylic acids is 2. The second-order valence-corrected chi connectivity index (χ2v) is 7.79. The van der Waals surface area contributed by atoms with Gasteiger partial charge in [-0.15, -0.1) is 10.2 Å². The van der Waals surface area contributed by atoms with Crippen molar-refractivity contribution in [1.82, 2.24) is 15.5 Å². The van der Waals surface area contributed by atoms with E-state index in [1.165, 1.54) is 0 Å². The van der Waals surface area contributed by atoms with E-state index in [2.05, 4.69) is 26.1 Å². The number of carbonyl (C=O) groups is 2. The Morgan fingerprint density at radius 1 is 1.42 bits per heavy atom. The summed E-state index contributed by atoms with van der Waals surface area (Å²) in [5.41, 5.74) is 2.40. The average molecular weight is 363 g/mol. The van der Waals surface area contributed by atoms with E-state index >= 15 is 0 Å². The van der Waals surface area contributed by atoms with Crippen LogP contribution in [0.15, 0.2) is 22.5 Å². The Kier molecular flexibility index (Phi) is 5.31. The number of rotatable bonds is 6. The predicted octanol–water partition coefficient (Wildman–Crippen LogP) is 2.65. The van der Waals surface area contributed by atoms with Crippen LogP contribution in [0, 0.1) is 6.92 Å². The van der Waals surface area contributed by atoms with E-state index in [0.29, 0.717) is 18.7 Å². The van der Waals surface area contributed by atoms with Gasteiger partial charge in [0.2, 0.25) is 5.91 Å². The zero-order chi connectivity index (χ0) is 16.9. The summed E-state index contributed by atoms with van der Waals surface area (Å²) in [4.78, 5) is 23.2. The van der Waals surface area contributed by atoms with Crippen LogP contribution in [-0.4, -0.2) is 34.4 Å². The highest BCUT2D eigenvalue weighted by atomic mass is 32.2. The summed E-state index contributed by atoms with van der Waals surface area (Å²) in [7, 11) is 0. The number of hydrogen-bond donors (Lipinski definition) is 3. The first-order chi connectivity index (χ1) is 11.6. The molecule has 0 radical (unpaired) electrons. The Balaban J connectivity index is 1.37. The van der Waals surface area contributed by atoms with Crippen LogP contribution in [0.3, 0.4) is 0 Å². The van der Waals surface area contributed by atoms with Crippen LogP contribution in [-0.2, 0) is 11.2 Å². The SMILES string of the molecule is Cc1nnc(SCCCNC(=O)Nc2ccc3c(c2)CC(=O)N3)s1. The van der Waals surface area contributed by atoms with Gasteiger partial charge in [-0.25, -0.2) is 4.79 Å². The van der Waals surface area contributed by atoms with E-state index in [0.717, 1.165) is 32.8 Å². The first-order valence-corrected chi connectivity index (χ1v) is 9.31. The Hall–Kier alpha value is -2.13. The molecule has 9 heteroatoms. The van der Waals surface area contributed by atoms with Gasteiger partial charge in [-0.1, -0.05) is 23.1 Å². The van der Waals surface area contributed by atoms with E-state index in [1.807, 2.05) is 13.0 Å². The van der Waals surface area contributed by atoms with E-state index in [4.69, 9.17) is 0 Å². The number of amides is 3. The molecule has 0 spiro atoms. The molecule has 3 N–H and O–H groups in total. The van der Waals surface area contributed by atoms with Crippen LogP contribution in [0.5, 0.6) is 0 Å². The van der Waals surface area contributed by atoms with Gasteiger partial charge in [0.1, 0.15) is 5.01 Å². The molecular weight excluding hydrogens is 346 g/mol. The molecule has 1 aliphatic heterocycles. The third kappa shape index (κ3) is 4.45. The molecule has 24 heavy (non-hydrogen) atoms. The molecule has 1 aromatic carbocycles. The first-order valence-electron chi connectivity index (χ1n) is 7.51. The summed E-state index contributed by atoms with van der Waals surface area (Å²) in [6.07, 6.45) is 1.20. The molecule has 7 nitrogen and oxygen atoms in total. The molecule has 0 fully saturated rings. The maximum absolute atomic E-state index is 11.9. The lowest BCUT2D eigenvalue weighted by Gasteiger charge is -2.08. The van der Waals surface area contributed by atoms with E-state index in [-0.39, 0.29) is 11.9 Å². The van der Waals surface area contributed by atoms with Gasteiger partial charge in [0.25, 0.3) is 0 Å². The maximum Gasteiger partial charge on any atom is 0.319 e. The normalized spacial score (nSPS) is 12.6. The smallest absolute Gasteiger partial charge is 0.319 e. The van der Waals surface area contributed by atoms with Crippen molar-refractivity contribution in [3.63, 3.8) is 0 Å². The second-order valence-electron chi connectivity index (χ2n) is 5.27. The summed E-state index contributed by atoms with van der Waals surface area (Å²) in [6.45, 7) is 2.51. The lowest BCUT2D eigenvalue weighted by molar-refractivity contribution is -0.115. The number of thioether (sulfide) groups is 1. The number of aromatic nitrogens is 2. The lowest BCUT2D eigenvalue weighted by atomic mass is 10.1. The van der Waals surface area contributed by atoms with Crippen molar-refractivity contribution in [2.75, 3.05) is 22.9 Å². The quantitative estimate of drug-likeness (QED) is 0.542. The summed E-state index contributed by atoms with van der Waals surface area (Å²) >= 11 is 3.22. The van der Waals surface area contributed by atoms with Crippen LogP contribution in [0.2, 0.25) is 0 Å². The van der Waals surface area contributed by atoms with Crippen molar-refractivity contribution >= 4 is 46.4 Å². The van der Waals surface area contributed by atoms with Gasteiger partial charge in [-0.3, -0.25) is 4.79 Å². The maximum atomic E-state index is 11.9. The Labute approximate surface area is 147 Å². The molecule has 3 rings (SSSR count). The lowest BCUT2D eigenvalue weighted by Crippen LogP contribution is -2.29. The minimum atomic E-state index is -0.246. The molecule has 2 aromatic rings.